The highest BCUT2D eigenvalue weighted by molar-refractivity contribution is 5.92. The average molecular weight is 495 g/mol. The number of piperazine rings is 1. The summed E-state index contributed by atoms with van der Waals surface area (Å²) in [6, 6.07) is 14.4. The second kappa shape index (κ2) is 13.0. The van der Waals surface area contributed by atoms with Gasteiger partial charge in [0.2, 0.25) is 5.91 Å². The van der Waals surface area contributed by atoms with Crippen molar-refractivity contribution in [1.29, 1.82) is 0 Å². The van der Waals surface area contributed by atoms with E-state index in [4.69, 9.17) is 9.47 Å². The largest absolute Gasteiger partial charge is 0.497 e. The molecule has 2 fully saturated rings. The van der Waals surface area contributed by atoms with Crippen molar-refractivity contribution in [3.8, 4) is 11.5 Å². The van der Waals surface area contributed by atoms with Crippen LogP contribution in [0.1, 0.15) is 31.7 Å². The van der Waals surface area contributed by atoms with Crippen molar-refractivity contribution in [2.24, 2.45) is 5.92 Å². The van der Waals surface area contributed by atoms with Crippen molar-refractivity contribution < 1.29 is 14.3 Å². The molecule has 0 aromatic heterocycles. The lowest BCUT2D eigenvalue weighted by Gasteiger charge is -2.35. The van der Waals surface area contributed by atoms with Crippen LogP contribution in [0.25, 0.3) is 0 Å². The Morgan fingerprint density at radius 3 is 2.11 bits per heavy atom. The van der Waals surface area contributed by atoms with Gasteiger partial charge in [0.1, 0.15) is 11.5 Å². The summed E-state index contributed by atoms with van der Waals surface area (Å²) in [4.78, 5) is 19.8. The Hall–Kier alpha value is -2.77. The maximum absolute atomic E-state index is 12.7. The summed E-state index contributed by atoms with van der Waals surface area (Å²) >= 11 is 0. The number of likely N-dealkylation sites (tertiary alicyclic amines) is 1. The number of carbonyl (C=O) groups is 1. The quantitative estimate of drug-likeness (QED) is 0.536. The van der Waals surface area contributed by atoms with E-state index in [1.54, 1.807) is 14.2 Å². The predicted molar refractivity (Wildman–Crippen MR) is 146 cm³/mol. The van der Waals surface area contributed by atoms with Crippen molar-refractivity contribution in [2.75, 3.05) is 76.8 Å². The van der Waals surface area contributed by atoms with Gasteiger partial charge in [-0.1, -0.05) is 6.92 Å². The van der Waals surface area contributed by atoms with Gasteiger partial charge in [0.15, 0.2) is 0 Å². The van der Waals surface area contributed by atoms with E-state index in [1.165, 1.54) is 11.3 Å². The van der Waals surface area contributed by atoms with Crippen molar-refractivity contribution in [1.82, 2.24) is 9.80 Å². The van der Waals surface area contributed by atoms with Gasteiger partial charge in [-0.15, -0.1) is 0 Å². The highest BCUT2D eigenvalue weighted by Crippen LogP contribution is 2.27. The lowest BCUT2D eigenvalue weighted by Crippen LogP contribution is -2.46. The van der Waals surface area contributed by atoms with Gasteiger partial charge in [-0.3, -0.25) is 9.69 Å². The molecule has 0 bridgehead atoms. The van der Waals surface area contributed by atoms with E-state index in [1.807, 2.05) is 18.2 Å². The summed E-state index contributed by atoms with van der Waals surface area (Å²) in [6.07, 6.45) is 4.43. The number of carbonyl (C=O) groups excluding carboxylic acids is 1. The number of hydrogen-bond donors (Lipinski definition) is 1. The highest BCUT2D eigenvalue weighted by atomic mass is 16.5. The molecule has 196 valence electrons. The first-order chi connectivity index (χ1) is 17.6. The highest BCUT2D eigenvalue weighted by Gasteiger charge is 2.21. The summed E-state index contributed by atoms with van der Waals surface area (Å²) in [5, 5.41) is 3.08. The molecule has 2 aliphatic rings. The third-order valence-electron chi connectivity index (χ3n) is 7.66. The number of anilines is 2. The fourth-order valence-corrected chi connectivity index (χ4v) is 5.30. The first-order valence-electron chi connectivity index (χ1n) is 13.4. The second-order valence-corrected chi connectivity index (χ2v) is 10.00. The number of aryl methyl sites for hydroxylation is 1. The minimum Gasteiger partial charge on any atom is -0.497 e. The van der Waals surface area contributed by atoms with Crippen LogP contribution in [0.5, 0.6) is 11.5 Å². The molecule has 7 heteroatoms. The van der Waals surface area contributed by atoms with Gasteiger partial charge in [-0.25, -0.2) is 0 Å². The summed E-state index contributed by atoms with van der Waals surface area (Å²) < 4.78 is 10.8. The maximum Gasteiger partial charge on any atom is 0.238 e. The van der Waals surface area contributed by atoms with E-state index in [0.29, 0.717) is 12.5 Å². The molecule has 7 nitrogen and oxygen atoms in total. The van der Waals surface area contributed by atoms with E-state index in [2.05, 4.69) is 51.2 Å². The number of nitrogens with zero attached hydrogens (tertiary/aromatic N) is 3. The van der Waals surface area contributed by atoms with E-state index >= 15 is 0 Å². The topological polar surface area (TPSA) is 57.3 Å². The Labute approximate surface area is 216 Å². The number of nitrogens with one attached hydrogen (secondary N) is 1. The zero-order valence-corrected chi connectivity index (χ0v) is 22.2. The number of rotatable bonds is 10. The van der Waals surface area contributed by atoms with Gasteiger partial charge in [0.25, 0.3) is 0 Å². The van der Waals surface area contributed by atoms with Crippen LogP contribution in [0.15, 0.2) is 42.5 Å². The van der Waals surface area contributed by atoms with Crippen molar-refractivity contribution >= 4 is 17.3 Å². The summed E-state index contributed by atoms with van der Waals surface area (Å²) in [5.74, 6) is 2.44. The summed E-state index contributed by atoms with van der Waals surface area (Å²) in [5.41, 5.74) is 3.36. The van der Waals surface area contributed by atoms with Crippen LogP contribution >= 0.6 is 0 Å². The van der Waals surface area contributed by atoms with Crippen LogP contribution in [0.4, 0.5) is 11.4 Å². The average Bonchev–Trinajstić information content (AvgIpc) is 2.93. The van der Waals surface area contributed by atoms with Gasteiger partial charge in [0.05, 0.1) is 20.8 Å². The lowest BCUT2D eigenvalue weighted by molar-refractivity contribution is -0.117. The molecular formula is C29H42N4O3. The van der Waals surface area contributed by atoms with E-state index in [0.717, 1.165) is 88.7 Å². The molecule has 0 aliphatic carbocycles. The van der Waals surface area contributed by atoms with Crippen molar-refractivity contribution in [2.45, 2.75) is 32.6 Å². The summed E-state index contributed by atoms with van der Waals surface area (Å²) in [6.45, 7) is 10.1. The molecule has 0 atom stereocenters. The first-order valence-corrected chi connectivity index (χ1v) is 13.4. The van der Waals surface area contributed by atoms with Crippen LogP contribution in [-0.2, 0) is 11.2 Å². The van der Waals surface area contributed by atoms with E-state index in [9.17, 15) is 4.79 Å². The van der Waals surface area contributed by atoms with E-state index in [-0.39, 0.29) is 5.91 Å². The van der Waals surface area contributed by atoms with Crippen LogP contribution in [0, 0.1) is 5.92 Å². The molecule has 4 rings (SSSR count). The number of piperidine rings is 1. The first kappa shape index (κ1) is 26.3. The number of benzene rings is 2. The maximum atomic E-state index is 12.7. The van der Waals surface area contributed by atoms with Crippen LogP contribution in [-0.4, -0.2) is 82.3 Å². The SMILES string of the molecule is CCN1CCN(c2ccc(NC(=O)CN3CCC(CCc4cc(OC)cc(OC)c4)CC3)cc2)CC1. The number of likely N-dealkylation sites (N-methyl/N-ethyl adjacent to an activating group) is 1. The fourth-order valence-electron chi connectivity index (χ4n) is 5.30. The Kier molecular flexibility index (Phi) is 9.47. The van der Waals surface area contributed by atoms with Gasteiger partial charge >= 0.3 is 0 Å². The van der Waals surface area contributed by atoms with Crippen LogP contribution < -0.4 is 19.7 Å². The van der Waals surface area contributed by atoms with Crippen molar-refractivity contribution in [3.05, 3.63) is 48.0 Å². The smallest absolute Gasteiger partial charge is 0.238 e. The van der Waals surface area contributed by atoms with Crippen LogP contribution in [0.2, 0.25) is 0 Å². The molecular weight excluding hydrogens is 452 g/mol. The molecule has 1 amide bonds. The second-order valence-electron chi connectivity index (χ2n) is 10.00. The molecule has 36 heavy (non-hydrogen) atoms. The molecule has 0 radical (unpaired) electrons. The van der Waals surface area contributed by atoms with Gasteiger partial charge in [-0.05, 0) is 93.2 Å². The molecule has 2 heterocycles. The molecule has 0 spiro atoms. The van der Waals surface area contributed by atoms with Crippen molar-refractivity contribution in [3.63, 3.8) is 0 Å². The van der Waals surface area contributed by atoms with Gasteiger partial charge < -0.3 is 24.6 Å². The minimum absolute atomic E-state index is 0.0706. The zero-order chi connectivity index (χ0) is 25.3. The minimum atomic E-state index is 0.0706. The molecule has 2 aromatic rings. The third kappa shape index (κ3) is 7.37. The van der Waals surface area contributed by atoms with E-state index < -0.39 is 0 Å². The Morgan fingerprint density at radius 1 is 0.889 bits per heavy atom. The third-order valence-corrected chi connectivity index (χ3v) is 7.66. The van der Waals surface area contributed by atoms with Crippen LogP contribution in [0.3, 0.4) is 0 Å². The molecule has 2 aromatic carbocycles. The standard InChI is InChI=1S/C29H42N4O3/c1-4-31-15-17-33(18-16-31)26-9-7-25(8-10-26)30-29(34)22-32-13-11-23(12-14-32)5-6-24-19-27(35-2)21-28(20-24)36-3/h7-10,19-21,23H,4-6,11-18,22H2,1-3H3,(H,30,34). The molecule has 1 N–H and O–H groups in total. The Bertz CT molecular complexity index is 943. The lowest BCUT2D eigenvalue weighted by atomic mass is 9.90. The zero-order valence-electron chi connectivity index (χ0n) is 22.2. The number of hydrogen-bond acceptors (Lipinski definition) is 6. The molecule has 2 saturated heterocycles. The monoisotopic (exact) mass is 494 g/mol. The summed E-state index contributed by atoms with van der Waals surface area (Å²) in [7, 11) is 3.38. The van der Waals surface area contributed by atoms with Gasteiger partial charge in [0, 0.05) is 43.6 Å². The molecule has 0 saturated carbocycles. The number of amides is 1. The fraction of sp³-hybridized carbons (Fsp3) is 0.552. The number of methoxy groups -OCH3 is 2. The predicted octanol–water partition coefficient (Wildman–Crippen LogP) is 4.13. The normalized spacial score (nSPS) is 17.7. The Balaban J connectivity index is 1.17. The Morgan fingerprint density at radius 2 is 1.53 bits per heavy atom. The molecule has 2 aliphatic heterocycles. The van der Waals surface area contributed by atoms with Gasteiger partial charge in [-0.2, -0.15) is 0 Å². The number of ether oxygens (including phenoxy) is 2. The molecule has 0 unspecified atom stereocenters.